The molecule has 0 aromatic rings. The molecule has 2 aliphatic rings. The van der Waals surface area contributed by atoms with Crippen LogP contribution in [0.25, 0.3) is 0 Å². The van der Waals surface area contributed by atoms with Gasteiger partial charge in [0.25, 0.3) is 0 Å². The van der Waals surface area contributed by atoms with E-state index in [4.69, 9.17) is 9.47 Å². The van der Waals surface area contributed by atoms with Gasteiger partial charge in [0.2, 0.25) is 0 Å². The van der Waals surface area contributed by atoms with Crippen LogP contribution in [0.4, 0.5) is 0 Å². The molecule has 2 rings (SSSR count). The Hall–Kier alpha value is -0.340. The number of allylic oxidation sites excluding steroid dienone is 1. The van der Waals surface area contributed by atoms with Crippen LogP contribution in [-0.4, -0.2) is 19.0 Å². The lowest BCUT2D eigenvalue weighted by Gasteiger charge is -2.23. The van der Waals surface area contributed by atoms with Crippen molar-refractivity contribution in [1.82, 2.24) is 0 Å². The lowest BCUT2D eigenvalue weighted by atomic mass is 10.0. The Bertz CT molecular complexity index is 254. The van der Waals surface area contributed by atoms with Crippen molar-refractivity contribution in [2.75, 3.05) is 13.2 Å². The van der Waals surface area contributed by atoms with Gasteiger partial charge in [0.05, 0.1) is 13.2 Å². The van der Waals surface area contributed by atoms with E-state index in [0.29, 0.717) is 0 Å². The van der Waals surface area contributed by atoms with Crippen LogP contribution >= 0.6 is 0 Å². The molecule has 0 unspecified atom stereocenters. The molecule has 110 valence electrons. The van der Waals surface area contributed by atoms with E-state index >= 15 is 0 Å². The molecule has 0 N–H and O–H groups in total. The summed E-state index contributed by atoms with van der Waals surface area (Å²) in [6.45, 7) is 1.51. The predicted molar refractivity (Wildman–Crippen MR) is 79.2 cm³/mol. The zero-order valence-corrected chi connectivity index (χ0v) is 12.4. The first-order valence-electron chi connectivity index (χ1n) is 8.37. The Balaban J connectivity index is 1.82. The van der Waals surface area contributed by atoms with Crippen molar-refractivity contribution >= 4 is 0 Å². The van der Waals surface area contributed by atoms with E-state index in [2.05, 4.69) is 12.2 Å². The Morgan fingerprint density at radius 3 is 1.79 bits per heavy atom. The molecule has 1 heterocycles. The normalized spacial score (nSPS) is 28.6. The van der Waals surface area contributed by atoms with E-state index in [9.17, 15) is 0 Å². The van der Waals surface area contributed by atoms with Gasteiger partial charge in [0, 0.05) is 6.42 Å². The van der Waals surface area contributed by atoms with Crippen LogP contribution in [0.2, 0.25) is 0 Å². The lowest BCUT2D eigenvalue weighted by molar-refractivity contribution is -0.122. The molecule has 2 heteroatoms. The molecule has 0 atom stereocenters. The van der Waals surface area contributed by atoms with Crippen LogP contribution in [-0.2, 0) is 9.47 Å². The van der Waals surface area contributed by atoms with Crippen molar-refractivity contribution in [1.29, 1.82) is 0 Å². The molecular formula is C17H30O2. The average molecular weight is 266 g/mol. The SMILES string of the molecule is C1=C/C2(CCCCCCCCCCCC/1)OCCO2. The van der Waals surface area contributed by atoms with E-state index in [1.165, 1.54) is 70.6 Å². The molecule has 1 aliphatic carbocycles. The van der Waals surface area contributed by atoms with Crippen molar-refractivity contribution in [3.63, 3.8) is 0 Å². The van der Waals surface area contributed by atoms with Crippen LogP contribution < -0.4 is 0 Å². The zero-order chi connectivity index (χ0) is 13.2. The van der Waals surface area contributed by atoms with Gasteiger partial charge in [0.15, 0.2) is 5.79 Å². The van der Waals surface area contributed by atoms with Gasteiger partial charge in [-0.3, -0.25) is 0 Å². The Morgan fingerprint density at radius 1 is 0.632 bits per heavy atom. The van der Waals surface area contributed by atoms with Gasteiger partial charge in [-0.15, -0.1) is 0 Å². The van der Waals surface area contributed by atoms with Crippen molar-refractivity contribution in [3.05, 3.63) is 12.2 Å². The van der Waals surface area contributed by atoms with Crippen molar-refractivity contribution < 1.29 is 9.47 Å². The number of hydrogen-bond donors (Lipinski definition) is 0. The fourth-order valence-corrected chi connectivity index (χ4v) is 3.11. The summed E-state index contributed by atoms with van der Waals surface area (Å²) < 4.78 is 11.7. The molecule has 1 spiro atoms. The molecule has 0 aromatic carbocycles. The minimum atomic E-state index is -0.375. The third-order valence-electron chi connectivity index (χ3n) is 4.29. The lowest BCUT2D eigenvalue weighted by Crippen LogP contribution is -2.27. The molecule has 19 heavy (non-hydrogen) atoms. The number of ether oxygens (including phenoxy) is 2. The molecule has 1 fully saturated rings. The largest absolute Gasteiger partial charge is 0.344 e. The standard InChI is InChI=1S/C17H30O2/c1-2-4-6-8-10-12-14-17(18-15-16-19-17)13-11-9-7-5-3-1/h11,13H,1-10,12,14-16H2/b13-11+. The summed E-state index contributed by atoms with van der Waals surface area (Å²) in [7, 11) is 0. The maximum atomic E-state index is 5.86. The molecule has 0 bridgehead atoms. The summed E-state index contributed by atoms with van der Waals surface area (Å²) in [6.07, 6.45) is 20.4. The van der Waals surface area contributed by atoms with Crippen LogP contribution in [0.1, 0.15) is 77.0 Å². The minimum Gasteiger partial charge on any atom is -0.344 e. The maximum Gasteiger partial charge on any atom is 0.187 e. The molecule has 0 radical (unpaired) electrons. The smallest absolute Gasteiger partial charge is 0.187 e. The molecule has 2 nitrogen and oxygen atoms in total. The number of rotatable bonds is 0. The third-order valence-corrected chi connectivity index (χ3v) is 4.29. The number of hydrogen-bond acceptors (Lipinski definition) is 2. The summed E-state index contributed by atoms with van der Waals surface area (Å²) >= 11 is 0. The maximum absolute atomic E-state index is 5.86. The van der Waals surface area contributed by atoms with E-state index < -0.39 is 0 Å². The zero-order valence-electron chi connectivity index (χ0n) is 12.4. The van der Waals surface area contributed by atoms with Gasteiger partial charge in [-0.2, -0.15) is 0 Å². The van der Waals surface area contributed by atoms with E-state index in [0.717, 1.165) is 19.6 Å². The highest BCUT2D eigenvalue weighted by atomic mass is 16.7. The minimum absolute atomic E-state index is 0.375. The second kappa shape index (κ2) is 8.76. The quantitative estimate of drug-likeness (QED) is 0.576. The van der Waals surface area contributed by atoms with Crippen LogP contribution in [0.3, 0.4) is 0 Å². The molecular weight excluding hydrogens is 236 g/mol. The van der Waals surface area contributed by atoms with Gasteiger partial charge < -0.3 is 9.47 Å². The van der Waals surface area contributed by atoms with Gasteiger partial charge in [-0.25, -0.2) is 0 Å². The fourth-order valence-electron chi connectivity index (χ4n) is 3.11. The average Bonchev–Trinajstić information content (AvgIpc) is 2.87. The van der Waals surface area contributed by atoms with Gasteiger partial charge in [0.1, 0.15) is 0 Å². The van der Waals surface area contributed by atoms with Crippen molar-refractivity contribution in [3.8, 4) is 0 Å². The molecule has 0 amide bonds. The summed E-state index contributed by atoms with van der Waals surface area (Å²) in [5.41, 5.74) is 0. The van der Waals surface area contributed by atoms with E-state index in [-0.39, 0.29) is 5.79 Å². The molecule has 1 saturated heterocycles. The molecule has 0 saturated carbocycles. The highest BCUT2D eigenvalue weighted by Crippen LogP contribution is 2.28. The van der Waals surface area contributed by atoms with Crippen molar-refractivity contribution in [2.45, 2.75) is 82.8 Å². The van der Waals surface area contributed by atoms with E-state index in [1.807, 2.05) is 0 Å². The highest BCUT2D eigenvalue weighted by Gasteiger charge is 2.32. The van der Waals surface area contributed by atoms with Crippen LogP contribution in [0.5, 0.6) is 0 Å². The van der Waals surface area contributed by atoms with Crippen LogP contribution in [0, 0.1) is 0 Å². The summed E-state index contributed by atoms with van der Waals surface area (Å²) in [5.74, 6) is -0.375. The summed E-state index contributed by atoms with van der Waals surface area (Å²) in [4.78, 5) is 0. The summed E-state index contributed by atoms with van der Waals surface area (Å²) in [5, 5.41) is 0. The second-order valence-corrected chi connectivity index (χ2v) is 5.99. The van der Waals surface area contributed by atoms with Crippen molar-refractivity contribution in [2.24, 2.45) is 0 Å². The van der Waals surface area contributed by atoms with Gasteiger partial charge in [-0.05, 0) is 25.3 Å². The van der Waals surface area contributed by atoms with Crippen LogP contribution in [0.15, 0.2) is 12.2 Å². The molecule has 1 aliphatic heterocycles. The van der Waals surface area contributed by atoms with Gasteiger partial charge >= 0.3 is 0 Å². The predicted octanol–water partition coefficient (Wildman–Crippen LogP) is 4.98. The topological polar surface area (TPSA) is 18.5 Å². The highest BCUT2D eigenvalue weighted by molar-refractivity contribution is 4.98. The van der Waals surface area contributed by atoms with E-state index in [1.54, 1.807) is 0 Å². The monoisotopic (exact) mass is 266 g/mol. The Morgan fingerprint density at radius 2 is 1.16 bits per heavy atom. The Kier molecular flexibility index (Phi) is 6.94. The molecule has 0 aromatic heterocycles. The first kappa shape index (κ1) is 15.1. The second-order valence-electron chi connectivity index (χ2n) is 5.99. The third kappa shape index (κ3) is 5.66. The van der Waals surface area contributed by atoms with Gasteiger partial charge in [-0.1, -0.05) is 57.4 Å². The Labute approximate surface area is 118 Å². The summed E-state index contributed by atoms with van der Waals surface area (Å²) in [6, 6.07) is 0. The first-order chi connectivity index (χ1) is 9.41. The fraction of sp³-hybridized carbons (Fsp3) is 0.882. The first-order valence-corrected chi connectivity index (χ1v) is 8.37.